The van der Waals surface area contributed by atoms with Crippen molar-refractivity contribution in [1.29, 1.82) is 0 Å². The van der Waals surface area contributed by atoms with Crippen LogP contribution in [0.15, 0.2) is 18.2 Å². The Balaban J connectivity index is 1.70. The summed E-state index contributed by atoms with van der Waals surface area (Å²) in [5.41, 5.74) is 0.703. The summed E-state index contributed by atoms with van der Waals surface area (Å²) in [5, 5.41) is 6.70. The van der Waals surface area contributed by atoms with Crippen molar-refractivity contribution in [2.75, 3.05) is 19.6 Å². The average Bonchev–Trinajstić information content (AvgIpc) is 2.76. The molecule has 0 bridgehead atoms. The first-order chi connectivity index (χ1) is 8.24. The van der Waals surface area contributed by atoms with Gasteiger partial charge in [-0.25, -0.2) is 8.78 Å². The van der Waals surface area contributed by atoms with Crippen LogP contribution in [0, 0.1) is 11.6 Å². The third kappa shape index (κ3) is 4.06. The summed E-state index contributed by atoms with van der Waals surface area (Å²) >= 11 is 0. The molecule has 17 heavy (non-hydrogen) atoms. The van der Waals surface area contributed by atoms with Gasteiger partial charge in [-0.15, -0.1) is 0 Å². The van der Waals surface area contributed by atoms with Crippen LogP contribution in [0.5, 0.6) is 0 Å². The lowest BCUT2D eigenvalue weighted by atomic mass is 10.1. The molecule has 4 heteroatoms. The molecule has 2 N–H and O–H groups in total. The average molecular weight is 240 g/mol. The topological polar surface area (TPSA) is 24.1 Å². The molecule has 1 fully saturated rings. The molecular formula is C13H18F2N2. The highest BCUT2D eigenvalue weighted by atomic mass is 19.1. The van der Waals surface area contributed by atoms with Crippen molar-refractivity contribution in [3.63, 3.8) is 0 Å². The summed E-state index contributed by atoms with van der Waals surface area (Å²) in [6, 6.07) is 4.23. The first-order valence-electron chi connectivity index (χ1n) is 6.13. The Hall–Kier alpha value is -1.00. The molecule has 2 rings (SSSR count). The van der Waals surface area contributed by atoms with E-state index in [0.717, 1.165) is 25.7 Å². The van der Waals surface area contributed by atoms with Crippen LogP contribution in [0.2, 0.25) is 0 Å². The molecule has 1 heterocycles. The van der Waals surface area contributed by atoms with Crippen molar-refractivity contribution in [1.82, 2.24) is 10.6 Å². The normalized spacial score (nSPS) is 19.8. The summed E-state index contributed by atoms with van der Waals surface area (Å²) in [6.45, 7) is 2.78. The first-order valence-corrected chi connectivity index (χ1v) is 6.13. The largest absolute Gasteiger partial charge is 0.315 e. The zero-order valence-corrected chi connectivity index (χ0v) is 9.81. The summed E-state index contributed by atoms with van der Waals surface area (Å²) < 4.78 is 25.8. The lowest BCUT2D eigenvalue weighted by Gasteiger charge is -2.11. The third-order valence-electron chi connectivity index (χ3n) is 3.07. The van der Waals surface area contributed by atoms with E-state index in [-0.39, 0.29) is 0 Å². The second-order valence-corrected chi connectivity index (χ2v) is 4.53. The van der Waals surface area contributed by atoms with Gasteiger partial charge in [0, 0.05) is 18.7 Å². The summed E-state index contributed by atoms with van der Waals surface area (Å²) in [5.74, 6) is -1.00. The number of benzene rings is 1. The molecule has 0 aromatic heterocycles. The second-order valence-electron chi connectivity index (χ2n) is 4.53. The first kappa shape index (κ1) is 12.5. The van der Waals surface area contributed by atoms with Crippen molar-refractivity contribution in [2.45, 2.75) is 25.3 Å². The maximum Gasteiger partial charge on any atom is 0.126 e. The lowest BCUT2D eigenvalue weighted by Crippen LogP contribution is -2.34. The smallest absolute Gasteiger partial charge is 0.126 e. The Labute approximate surface area is 100 Å². The van der Waals surface area contributed by atoms with E-state index in [9.17, 15) is 8.78 Å². The molecule has 0 spiro atoms. The molecule has 94 valence electrons. The molecule has 1 unspecified atom stereocenters. The van der Waals surface area contributed by atoms with E-state index < -0.39 is 11.6 Å². The van der Waals surface area contributed by atoms with Gasteiger partial charge in [0.2, 0.25) is 0 Å². The maximum atomic E-state index is 12.9. The Morgan fingerprint density at radius 2 is 2.00 bits per heavy atom. The Kier molecular flexibility index (Phi) is 4.45. The molecule has 0 aliphatic carbocycles. The number of nitrogens with one attached hydrogen (secondary N) is 2. The van der Waals surface area contributed by atoms with E-state index in [1.807, 2.05) is 0 Å². The van der Waals surface area contributed by atoms with E-state index in [0.29, 0.717) is 18.0 Å². The van der Waals surface area contributed by atoms with Gasteiger partial charge in [-0.05, 0) is 50.0 Å². The molecule has 0 amide bonds. The molecular weight excluding hydrogens is 222 g/mol. The SMILES string of the molecule is Fc1cc(F)cc(CCNCC2CCCN2)c1. The van der Waals surface area contributed by atoms with Gasteiger partial charge < -0.3 is 10.6 Å². The molecule has 0 saturated carbocycles. The van der Waals surface area contributed by atoms with Crippen LogP contribution in [0.25, 0.3) is 0 Å². The van der Waals surface area contributed by atoms with E-state index in [1.165, 1.54) is 25.0 Å². The fourth-order valence-corrected chi connectivity index (χ4v) is 2.20. The van der Waals surface area contributed by atoms with Crippen LogP contribution >= 0.6 is 0 Å². The van der Waals surface area contributed by atoms with Crippen LogP contribution in [0.3, 0.4) is 0 Å². The Morgan fingerprint density at radius 3 is 2.65 bits per heavy atom. The molecule has 0 radical (unpaired) electrons. The molecule has 1 saturated heterocycles. The second kappa shape index (κ2) is 6.07. The van der Waals surface area contributed by atoms with E-state index in [4.69, 9.17) is 0 Å². The zero-order chi connectivity index (χ0) is 12.1. The van der Waals surface area contributed by atoms with Crippen molar-refractivity contribution >= 4 is 0 Å². The number of halogens is 2. The highest BCUT2D eigenvalue weighted by Gasteiger charge is 2.12. The Bertz CT molecular complexity index is 342. The number of hydrogen-bond acceptors (Lipinski definition) is 2. The van der Waals surface area contributed by atoms with Gasteiger partial charge in [0.1, 0.15) is 11.6 Å². The van der Waals surface area contributed by atoms with Gasteiger partial charge in [0.15, 0.2) is 0 Å². The van der Waals surface area contributed by atoms with Crippen LogP contribution < -0.4 is 10.6 Å². The van der Waals surface area contributed by atoms with Crippen molar-refractivity contribution in [3.05, 3.63) is 35.4 Å². The Morgan fingerprint density at radius 1 is 1.24 bits per heavy atom. The predicted molar refractivity (Wildman–Crippen MR) is 64.0 cm³/mol. The molecule has 1 atom stereocenters. The van der Waals surface area contributed by atoms with Crippen molar-refractivity contribution < 1.29 is 8.78 Å². The monoisotopic (exact) mass is 240 g/mol. The summed E-state index contributed by atoms with van der Waals surface area (Å²) in [6.07, 6.45) is 3.10. The molecule has 1 aromatic rings. The number of hydrogen-bond donors (Lipinski definition) is 2. The predicted octanol–water partition coefficient (Wildman–Crippen LogP) is 1.85. The number of rotatable bonds is 5. The van der Waals surface area contributed by atoms with Gasteiger partial charge in [0.25, 0.3) is 0 Å². The fraction of sp³-hybridized carbons (Fsp3) is 0.538. The summed E-state index contributed by atoms with van der Waals surface area (Å²) in [7, 11) is 0. The van der Waals surface area contributed by atoms with Gasteiger partial charge in [0.05, 0.1) is 0 Å². The van der Waals surface area contributed by atoms with Gasteiger partial charge >= 0.3 is 0 Å². The molecule has 2 nitrogen and oxygen atoms in total. The van der Waals surface area contributed by atoms with Gasteiger partial charge in [-0.1, -0.05) is 0 Å². The summed E-state index contributed by atoms with van der Waals surface area (Å²) in [4.78, 5) is 0. The maximum absolute atomic E-state index is 12.9. The highest BCUT2D eigenvalue weighted by Crippen LogP contribution is 2.08. The minimum atomic E-state index is -0.502. The van der Waals surface area contributed by atoms with Crippen LogP contribution in [-0.4, -0.2) is 25.7 Å². The van der Waals surface area contributed by atoms with E-state index in [1.54, 1.807) is 0 Å². The van der Waals surface area contributed by atoms with E-state index >= 15 is 0 Å². The molecule has 1 aromatic carbocycles. The van der Waals surface area contributed by atoms with Crippen molar-refractivity contribution in [3.8, 4) is 0 Å². The zero-order valence-electron chi connectivity index (χ0n) is 9.81. The highest BCUT2D eigenvalue weighted by molar-refractivity contribution is 5.18. The standard InChI is InChI=1S/C13H18F2N2/c14-11-6-10(7-12(15)8-11)3-5-16-9-13-2-1-4-17-13/h6-8,13,16-17H,1-5,9H2. The fourth-order valence-electron chi connectivity index (χ4n) is 2.20. The van der Waals surface area contributed by atoms with Crippen LogP contribution in [0.4, 0.5) is 8.78 Å². The van der Waals surface area contributed by atoms with Gasteiger partial charge in [-0.2, -0.15) is 0 Å². The third-order valence-corrected chi connectivity index (χ3v) is 3.07. The quantitative estimate of drug-likeness (QED) is 0.768. The van der Waals surface area contributed by atoms with Crippen LogP contribution in [-0.2, 0) is 6.42 Å². The van der Waals surface area contributed by atoms with Crippen LogP contribution in [0.1, 0.15) is 18.4 Å². The molecule has 1 aliphatic heterocycles. The molecule has 1 aliphatic rings. The van der Waals surface area contributed by atoms with E-state index in [2.05, 4.69) is 10.6 Å². The lowest BCUT2D eigenvalue weighted by molar-refractivity contribution is 0.535. The van der Waals surface area contributed by atoms with Gasteiger partial charge in [-0.3, -0.25) is 0 Å². The minimum absolute atomic E-state index is 0.502. The van der Waals surface area contributed by atoms with Crippen molar-refractivity contribution in [2.24, 2.45) is 0 Å². The minimum Gasteiger partial charge on any atom is -0.315 e.